The fraction of sp³-hybridized carbons (Fsp3) is 0.0513. The monoisotopic (exact) mass is 676 g/mol. The van der Waals surface area contributed by atoms with E-state index in [1.807, 2.05) is 0 Å². The summed E-state index contributed by atoms with van der Waals surface area (Å²) >= 11 is -2.94. The van der Waals surface area contributed by atoms with Gasteiger partial charge in [0.05, 0.1) is 0 Å². The van der Waals surface area contributed by atoms with Crippen LogP contribution in [0.3, 0.4) is 0 Å². The second-order valence-electron chi connectivity index (χ2n) is 10.8. The van der Waals surface area contributed by atoms with Crippen LogP contribution in [0, 0.1) is 0 Å². The number of allylic oxidation sites excluding steroid dienone is 4. The molecule has 6 aromatic carbocycles. The Morgan fingerprint density at radius 2 is 1.07 bits per heavy atom. The molecule has 0 saturated heterocycles. The van der Waals surface area contributed by atoms with Gasteiger partial charge in [0.25, 0.3) is 0 Å². The van der Waals surface area contributed by atoms with E-state index < -0.39 is 21.0 Å². The van der Waals surface area contributed by atoms with Gasteiger partial charge in [0.1, 0.15) is 0 Å². The van der Waals surface area contributed by atoms with Crippen molar-refractivity contribution in [3.8, 4) is 11.1 Å². The first kappa shape index (κ1) is 23.9. The molecule has 0 radical (unpaired) electrons. The number of benzene rings is 6. The van der Waals surface area contributed by atoms with Crippen LogP contribution < -0.4 is 3.32 Å². The molecule has 0 amide bonds. The van der Waals surface area contributed by atoms with Crippen LogP contribution >= 0.6 is 0 Å². The van der Waals surface area contributed by atoms with E-state index in [1.165, 1.54) is 49.4 Å². The normalized spacial score (nSPS) is 13.6. The van der Waals surface area contributed by atoms with Crippen molar-refractivity contribution in [3.63, 3.8) is 0 Å². The van der Waals surface area contributed by atoms with Crippen LogP contribution in [0.4, 0.5) is 0 Å². The van der Waals surface area contributed by atoms with Gasteiger partial charge in [-0.25, -0.2) is 0 Å². The van der Waals surface area contributed by atoms with Crippen LogP contribution in [0.5, 0.6) is 0 Å². The molecule has 188 valence electrons. The Morgan fingerprint density at radius 1 is 0.525 bits per heavy atom. The molecule has 2 aliphatic rings. The van der Waals surface area contributed by atoms with Crippen molar-refractivity contribution in [2.24, 2.45) is 0 Å². The van der Waals surface area contributed by atoms with E-state index in [9.17, 15) is 0 Å². The van der Waals surface area contributed by atoms with Crippen LogP contribution in [-0.2, 0) is 27.4 Å². The van der Waals surface area contributed by atoms with E-state index in [0.29, 0.717) is 3.67 Å². The van der Waals surface area contributed by atoms with Gasteiger partial charge in [0.15, 0.2) is 0 Å². The summed E-state index contributed by atoms with van der Waals surface area (Å²) in [5, 5.41) is 5.34. The maximum atomic E-state index is 2.49. The molecular formula is C39H28Hf. The number of hydrogen-bond donors (Lipinski definition) is 0. The molecular weight excluding hydrogens is 647 g/mol. The Hall–Kier alpha value is -3.94. The van der Waals surface area contributed by atoms with Gasteiger partial charge in [-0.3, -0.25) is 0 Å². The minimum atomic E-state index is -2.94. The molecule has 1 heteroatoms. The van der Waals surface area contributed by atoms with Gasteiger partial charge in [-0.2, -0.15) is 0 Å². The van der Waals surface area contributed by atoms with E-state index in [4.69, 9.17) is 0 Å². The van der Waals surface area contributed by atoms with Gasteiger partial charge in [-0.15, -0.1) is 0 Å². The molecule has 0 nitrogen and oxygen atoms in total. The fourth-order valence-electron chi connectivity index (χ4n) is 6.84. The van der Waals surface area contributed by atoms with Crippen LogP contribution in [0.15, 0.2) is 152 Å². The summed E-state index contributed by atoms with van der Waals surface area (Å²) in [6, 6.07) is 47.9. The molecule has 0 bridgehead atoms. The first-order chi connectivity index (χ1) is 19.9. The standard InChI is InChI=1S/C21H14.C13H9.C5H5.Hf/c1-3-13-20-16(7-1)9-5-11-18(20)15-19-12-6-10-17-8-2-4-14-21(17)19;1-3-7-12-10(5-1)9-11-6-2-4-8-13(11)12;1-2-4-5-3-1;/h1-14H;1-5,7-8H,9H2;1-5H;. The predicted molar refractivity (Wildman–Crippen MR) is 167 cm³/mol. The summed E-state index contributed by atoms with van der Waals surface area (Å²) in [6.45, 7) is 0. The Bertz CT molecular complexity index is 1930. The van der Waals surface area contributed by atoms with Crippen LogP contribution in [-0.4, -0.2) is 3.26 Å². The second kappa shape index (κ2) is 9.91. The van der Waals surface area contributed by atoms with E-state index in [0.717, 1.165) is 6.42 Å². The summed E-state index contributed by atoms with van der Waals surface area (Å²) in [5.74, 6) is 0. The molecule has 0 saturated carbocycles. The van der Waals surface area contributed by atoms with Gasteiger partial charge in [-0.05, 0) is 0 Å². The molecule has 0 spiro atoms. The zero-order chi connectivity index (χ0) is 26.5. The Kier molecular flexibility index (Phi) is 5.92. The third-order valence-corrected chi connectivity index (χ3v) is 20.0. The van der Waals surface area contributed by atoms with E-state index in [2.05, 4.69) is 152 Å². The quantitative estimate of drug-likeness (QED) is 0.164. The number of rotatable bonds is 4. The fourth-order valence-corrected chi connectivity index (χ4v) is 19.1. The maximum absolute atomic E-state index is 2.94. The first-order valence-corrected chi connectivity index (χ1v) is 19.8. The van der Waals surface area contributed by atoms with Gasteiger partial charge in [0, 0.05) is 0 Å². The van der Waals surface area contributed by atoms with Crippen LogP contribution in [0.2, 0.25) is 3.67 Å². The van der Waals surface area contributed by atoms with Crippen molar-refractivity contribution in [2.75, 3.05) is 0 Å². The van der Waals surface area contributed by atoms with Gasteiger partial charge >= 0.3 is 244 Å². The van der Waals surface area contributed by atoms with Crippen LogP contribution in [0.25, 0.3) is 32.7 Å². The summed E-state index contributed by atoms with van der Waals surface area (Å²) in [5.41, 5.74) is 8.72. The molecule has 0 aromatic heterocycles. The van der Waals surface area contributed by atoms with Crippen molar-refractivity contribution in [3.05, 3.63) is 174 Å². The number of fused-ring (bicyclic) bond motifs is 5. The molecule has 40 heavy (non-hydrogen) atoms. The van der Waals surface area contributed by atoms with Gasteiger partial charge in [-0.1, -0.05) is 0 Å². The van der Waals surface area contributed by atoms with Gasteiger partial charge in [0.2, 0.25) is 0 Å². The third-order valence-electron chi connectivity index (χ3n) is 8.61. The summed E-state index contributed by atoms with van der Waals surface area (Å²) in [7, 11) is 0. The van der Waals surface area contributed by atoms with E-state index in [1.54, 1.807) is 12.1 Å². The first-order valence-electron chi connectivity index (χ1n) is 14.1. The van der Waals surface area contributed by atoms with Crippen molar-refractivity contribution in [1.29, 1.82) is 0 Å². The van der Waals surface area contributed by atoms with Crippen molar-refractivity contribution >= 4 is 28.1 Å². The average molecular weight is 675 g/mol. The molecule has 0 heterocycles. The van der Waals surface area contributed by atoms with Gasteiger partial charge < -0.3 is 0 Å². The molecule has 6 aromatic rings. The van der Waals surface area contributed by atoms with E-state index >= 15 is 0 Å². The summed E-state index contributed by atoms with van der Waals surface area (Å²) in [4.78, 5) is 0. The molecule has 0 atom stereocenters. The zero-order valence-corrected chi connectivity index (χ0v) is 25.8. The van der Waals surface area contributed by atoms with Crippen LogP contribution in [0.1, 0.15) is 22.3 Å². The molecule has 0 fully saturated rings. The van der Waals surface area contributed by atoms with Crippen molar-refractivity contribution < 1.29 is 21.0 Å². The molecule has 8 rings (SSSR count). The zero-order valence-electron chi connectivity index (χ0n) is 22.2. The molecule has 2 aliphatic carbocycles. The van der Waals surface area contributed by atoms with E-state index in [-0.39, 0.29) is 0 Å². The molecule has 0 aliphatic heterocycles. The topological polar surface area (TPSA) is 0 Å². The summed E-state index contributed by atoms with van der Waals surface area (Å²) < 4.78 is 3.74. The Balaban J connectivity index is 1.54. The summed E-state index contributed by atoms with van der Waals surface area (Å²) in [6.07, 6.45) is 10.6. The third kappa shape index (κ3) is 3.87. The second-order valence-corrected chi connectivity index (χ2v) is 19.9. The number of hydrogen-bond acceptors (Lipinski definition) is 0. The van der Waals surface area contributed by atoms with Crippen molar-refractivity contribution in [2.45, 2.75) is 10.1 Å². The molecule has 0 unspecified atom stereocenters. The Morgan fingerprint density at radius 3 is 1.77 bits per heavy atom. The Labute approximate surface area is 243 Å². The minimum absolute atomic E-state index is 0.480. The predicted octanol–water partition coefficient (Wildman–Crippen LogP) is 8.99. The average Bonchev–Trinajstić information content (AvgIpc) is 3.68. The molecule has 0 N–H and O–H groups in total. The van der Waals surface area contributed by atoms with Crippen molar-refractivity contribution in [1.82, 2.24) is 0 Å². The SMILES string of the molecule is C1=C[CH]([Hf](=[C](c2cccc3ccccc23)c2cccc3ccccc23)[c]2cccc3c2Cc2ccccc2-3)C=C1.